The zero-order valence-electron chi connectivity index (χ0n) is 15.2. The first-order valence-corrected chi connectivity index (χ1v) is 9.88. The van der Waals surface area contributed by atoms with Crippen LogP contribution >= 0.6 is 11.8 Å². The molecule has 1 aromatic rings. The second kappa shape index (κ2) is 11.3. The van der Waals surface area contributed by atoms with E-state index < -0.39 is 0 Å². The molecule has 6 nitrogen and oxygen atoms in total. The number of aromatic nitrogens is 3. The van der Waals surface area contributed by atoms with Gasteiger partial charge < -0.3 is 15.2 Å². The molecule has 0 amide bonds. The molecule has 1 atom stereocenters. The summed E-state index contributed by atoms with van der Waals surface area (Å²) in [6.07, 6.45) is 5.93. The fourth-order valence-corrected chi connectivity index (χ4v) is 2.39. The lowest BCUT2D eigenvalue weighted by atomic mass is 10.1. The molecule has 1 rings (SSSR count). The van der Waals surface area contributed by atoms with E-state index in [0.717, 1.165) is 50.0 Å². The Morgan fingerprint density at radius 1 is 1.39 bits per heavy atom. The van der Waals surface area contributed by atoms with Gasteiger partial charge in [-0.05, 0) is 31.3 Å². The van der Waals surface area contributed by atoms with Crippen LogP contribution in [0, 0.1) is 5.92 Å². The molecule has 0 bridgehead atoms. The molecular formula is C16H32N6S. The van der Waals surface area contributed by atoms with Gasteiger partial charge in [0.1, 0.15) is 12.2 Å². The Hall–Kier alpha value is -1.24. The van der Waals surface area contributed by atoms with Crippen molar-refractivity contribution < 1.29 is 0 Å². The summed E-state index contributed by atoms with van der Waals surface area (Å²) in [6, 6.07) is 0.392. The van der Waals surface area contributed by atoms with Crippen molar-refractivity contribution in [2.45, 2.75) is 53.1 Å². The predicted octanol–water partition coefficient (Wildman–Crippen LogP) is 2.17. The fourth-order valence-electron chi connectivity index (χ4n) is 1.97. The molecule has 132 valence electrons. The number of aryl methyl sites for hydroxylation is 1. The first kappa shape index (κ1) is 19.8. The van der Waals surface area contributed by atoms with Crippen molar-refractivity contribution in [3.05, 3.63) is 12.2 Å². The zero-order chi connectivity index (χ0) is 17.1. The Kier molecular flexibility index (Phi) is 9.75. The lowest BCUT2D eigenvalue weighted by Crippen LogP contribution is -2.45. The van der Waals surface area contributed by atoms with E-state index in [0.29, 0.717) is 12.0 Å². The van der Waals surface area contributed by atoms with Crippen LogP contribution < -0.4 is 10.6 Å². The first-order valence-electron chi connectivity index (χ1n) is 8.48. The van der Waals surface area contributed by atoms with Crippen molar-refractivity contribution in [2.24, 2.45) is 10.9 Å². The highest BCUT2D eigenvalue weighted by molar-refractivity contribution is 7.98. The molecule has 2 N–H and O–H groups in total. The summed E-state index contributed by atoms with van der Waals surface area (Å²) in [6.45, 7) is 11.2. The van der Waals surface area contributed by atoms with E-state index in [-0.39, 0.29) is 0 Å². The molecule has 23 heavy (non-hydrogen) atoms. The Morgan fingerprint density at radius 2 is 2.17 bits per heavy atom. The highest BCUT2D eigenvalue weighted by Crippen LogP contribution is 2.00. The Labute approximate surface area is 144 Å². The van der Waals surface area contributed by atoms with Crippen molar-refractivity contribution in [3.63, 3.8) is 0 Å². The molecule has 1 aromatic heterocycles. The summed E-state index contributed by atoms with van der Waals surface area (Å²) in [7, 11) is 0. The lowest BCUT2D eigenvalue weighted by molar-refractivity contribution is 0.479. The van der Waals surface area contributed by atoms with Crippen LogP contribution in [0.3, 0.4) is 0 Å². The topological polar surface area (TPSA) is 67.1 Å². The summed E-state index contributed by atoms with van der Waals surface area (Å²) in [5, 5.41) is 15.0. The number of nitrogens with one attached hydrogen (secondary N) is 2. The normalized spacial score (nSPS) is 13.4. The molecule has 7 heteroatoms. The second-order valence-electron chi connectivity index (χ2n) is 5.97. The highest BCUT2D eigenvalue weighted by Gasteiger charge is 2.09. The number of nitrogens with zero attached hydrogens (tertiary/aromatic N) is 4. The van der Waals surface area contributed by atoms with Gasteiger partial charge in [-0.1, -0.05) is 20.8 Å². The summed E-state index contributed by atoms with van der Waals surface area (Å²) in [4.78, 5) is 4.69. The maximum absolute atomic E-state index is 4.69. The van der Waals surface area contributed by atoms with Crippen LogP contribution in [0.4, 0.5) is 0 Å². The van der Waals surface area contributed by atoms with E-state index >= 15 is 0 Å². The molecule has 0 radical (unpaired) electrons. The Morgan fingerprint density at radius 3 is 2.83 bits per heavy atom. The second-order valence-corrected chi connectivity index (χ2v) is 6.96. The number of aliphatic imine (C=N–C) groups is 1. The maximum Gasteiger partial charge on any atom is 0.191 e. The van der Waals surface area contributed by atoms with Gasteiger partial charge in [0.05, 0.1) is 0 Å². The summed E-state index contributed by atoms with van der Waals surface area (Å²) < 4.78 is 2.09. The van der Waals surface area contributed by atoms with Gasteiger partial charge in [-0.3, -0.25) is 4.99 Å². The van der Waals surface area contributed by atoms with Crippen molar-refractivity contribution in [1.29, 1.82) is 0 Å². The third-order valence-corrected chi connectivity index (χ3v) is 4.49. The van der Waals surface area contributed by atoms with E-state index in [9.17, 15) is 0 Å². The van der Waals surface area contributed by atoms with Gasteiger partial charge in [-0.15, -0.1) is 10.2 Å². The summed E-state index contributed by atoms with van der Waals surface area (Å²) in [5.74, 6) is 3.64. The van der Waals surface area contributed by atoms with E-state index in [1.54, 1.807) is 6.33 Å². The van der Waals surface area contributed by atoms with Gasteiger partial charge >= 0.3 is 0 Å². The molecule has 0 aliphatic carbocycles. The molecular weight excluding hydrogens is 308 g/mol. The molecule has 0 spiro atoms. The minimum Gasteiger partial charge on any atom is -0.355 e. The average molecular weight is 341 g/mol. The average Bonchev–Trinajstić information content (AvgIpc) is 2.98. The molecule has 0 saturated heterocycles. The number of thioether (sulfide) groups is 1. The SMILES string of the molecule is CCc1nncn1CCNC(=NCCCSC)NC(C)C(C)C. The lowest BCUT2D eigenvalue weighted by Gasteiger charge is -2.21. The fraction of sp³-hybridized carbons (Fsp3) is 0.812. The number of rotatable bonds is 10. The van der Waals surface area contributed by atoms with Gasteiger partial charge in [0.25, 0.3) is 0 Å². The molecule has 1 heterocycles. The first-order chi connectivity index (χ1) is 11.1. The Balaban J connectivity index is 2.50. The molecule has 0 saturated carbocycles. The van der Waals surface area contributed by atoms with E-state index in [2.05, 4.69) is 64.3 Å². The quantitative estimate of drug-likeness (QED) is 0.388. The van der Waals surface area contributed by atoms with E-state index in [1.807, 2.05) is 11.8 Å². The van der Waals surface area contributed by atoms with Crippen molar-refractivity contribution >= 4 is 17.7 Å². The van der Waals surface area contributed by atoms with Crippen LogP contribution in [0.15, 0.2) is 11.3 Å². The van der Waals surface area contributed by atoms with Gasteiger partial charge in [0.15, 0.2) is 5.96 Å². The largest absolute Gasteiger partial charge is 0.355 e. The molecule has 0 aliphatic rings. The smallest absolute Gasteiger partial charge is 0.191 e. The molecule has 1 unspecified atom stereocenters. The minimum absolute atomic E-state index is 0.392. The third kappa shape index (κ3) is 7.72. The van der Waals surface area contributed by atoms with Crippen LogP contribution in [-0.4, -0.2) is 51.9 Å². The zero-order valence-corrected chi connectivity index (χ0v) is 16.0. The Bertz CT molecular complexity index is 457. The maximum atomic E-state index is 4.69. The van der Waals surface area contributed by atoms with Crippen LogP contribution in [0.25, 0.3) is 0 Å². The van der Waals surface area contributed by atoms with Crippen LogP contribution in [0.5, 0.6) is 0 Å². The number of hydrogen-bond acceptors (Lipinski definition) is 4. The van der Waals surface area contributed by atoms with E-state index in [4.69, 9.17) is 0 Å². The van der Waals surface area contributed by atoms with Crippen molar-refractivity contribution in [1.82, 2.24) is 25.4 Å². The van der Waals surface area contributed by atoms with Gasteiger partial charge in [0.2, 0.25) is 0 Å². The monoisotopic (exact) mass is 340 g/mol. The van der Waals surface area contributed by atoms with Crippen LogP contribution in [0.1, 0.15) is 39.9 Å². The standard InChI is InChI=1S/C16H32N6S/c1-6-15-21-19-12-22(15)10-9-18-16(17-8-7-11-23-5)20-14(4)13(2)3/h12-14H,6-11H2,1-5H3,(H2,17,18,20). The van der Waals surface area contributed by atoms with E-state index in [1.165, 1.54) is 0 Å². The number of guanidine groups is 1. The number of hydrogen-bond donors (Lipinski definition) is 2. The summed E-state index contributed by atoms with van der Waals surface area (Å²) >= 11 is 1.86. The van der Waals surface area contributed by atoms with Crippen LogP contribution in [0.2, 0.25) is 0 Å². The van der Waals surface area contributed by atoms with Gasteiger partial charge in [-0.25, -0.2) is 0 Å². The molecule has 0 aromatic carbocycles. The summed E-state index contributed by atoms with van der Waals surface area (Å²) in [5.41, 5.74) is 0. The van der Waals surface area contributed by atoms with Crippen molar-refractivity contribution in [3.8, 4) is 0 Å². The highest BCUT2D eigenvalue weighted by atomic mass is 32.2. The van der Waals surface area contributed by atoms with Crippen LogP contribution in [-0.2, 0) is 13.0 Å². The predicted molar refractivity (Wildman–Crippen MR) is 100 cm³/mol. The van der Waals surface area contributed by atoms with Gasteiger partial charge in [0, 0.05) is 32.1 Å². The van der Waals surface area contributed by atoms with Gasteiger partial charge in [-0.2, -0.15) is 11.8 Å². The third-order valence-electron chi connectivity index (χ3n) is 3.80. The molecule has 0 aliphatic heterocycles. The minimum atomic E-state index is 0.392. The molecule has 0 fully saturated rings. The van der Waals surface area contributed by atoms with Crippen molar-refractivity contribution in [2.75, 3.05) is 25.1 Å².